The summed E-state index contributed by atoms with van der Waals surface area (Å²) in [5.74, 6) is 0.906. The number of hydrogen-bond acceptors (Lipinski definition) is 4. The van der Waals surface area contributed by atoms with Gasteiger partial charge in [0, 0.05) is 18.7 Å². The molecule has 0 fully saturated rings. The van der Waals surface area contributed by atoms with Crippen LogP contribution >= 0.6 is 0 Å². The average Bonchev–Trinajstić information content (AvgIpc) is 2.42. The summed E-state index contributed by atoms with van der Waals surface area (Å²) in [6.07, 6.45) is 0.889. The van der Waals surface area contributed by atoms with Crippen molar-refractivity contribution < 1.29 is 13.2 Å². The van der Waals surface area contributed by atoms with Gasteiger partial charge in [-0.25, -0.2) is 13.1 Å². The van der Waals surface area contributed by atoms with Crippen molar-refractivity contribution in [3.05, 3.63) is 23.8 Å². The molecule has 6 heteroatoms. The molecule has 0 aliphatic carbocycles. The third-order valence-corrected chi connectivity index (χ3v) is 4.13. The lowest BCUT2D eigenvalue weighted by Gasteiger charge is -2.13. The molecule has 20 heavy (non-hydrogen) atoms. The van der Waals surface area contributed by atoms with E-state index < -0.39 is 10.0 Å². The van der Waals surface area contributed by atoms with Gasteiger partial charge in [-0.2, -0.15) is 0 Å². The van der Waals surface area contributed by atoms with Gasteiger partial charge in [-0.15, -0.1) is 0 Å². The van der Waals surface area contributed by atoms with Crippen LogP contribution < -0.4 is 15.2 Å². The van der Waals surface area contributed by atoms with Crippen LogP contribution in [0.25, 0.3) is 0 Å². The highest BCUT2D eigenvalue weighted by Gasteiger charge is 2.16. The molecule has 3 N–H and O–H groups in total. The summed E-state index contributed by atoms with van der Waals surface area (Å²) < 4.78 is 32.4. The first-order chi connectivity index (χ1) is 9.40. The second-order valence-electron chi connectivity index (χ2n) is 5.07. The molecule has 1 rings (SSSR count). The van der Waals surface area contributed by atoms with Crippen molar-refractivity contribution in [3.63, 3.8) is 0 Å². The normalized spacial score (nSPS) is 11.8. The molecule has 1 aromatic carbocycles. The first-order valence-corrected chi connectivity index (χ1v) is 8.34. The van der Waals surface area contributed by atoms with Crippen LogP contribution in [0.1, 0.15) is 32.8 Å². The van der Waals surface area contributed by atoms with Crippen LogP contribution in [0.2, 0.25) is 0 Å². The van der Waals surface area contributed by atoms with Gasteiger partial charge in [0.1, 0.15) is 5.75 Å². The number of rotatable bonds is 8. The zero-order valence-electron chi connectivity index (χ0n) is 12.3. The van der Waals surface area contributed by atoms with Gasteiger partial charge < -0.3 is 10.5 Å². The summed E-state index contributed by atoms with van der Waals surface area (Å²) in [5, 5.41) is 0. The summed E-state index contributed by atoms with van der Waals surface area (Å²) in [6, 6.07) is 4.79. The van der Waals surface area contributed by atoms with Crippen molar-refractivity contribution in [2.45, 2.75) is 38.6 Å². The minimum atomic E-state index is -3.49. The van der Waals surface area contributed by atoms with E-state index in [9.17, 15) is 8.42 Å². The molecular weight excluding hydrogens is 276 g/mol. The number of benzene rings is 1. The lowest BCUT2D eigenvalue weighted by atomic mass is 10.2. The topological polar surface area (TPSA) is 81.4 Å². The lowest BCUT2D eigenvalue weighted by Crippen LogP contribution is -2.27. The third kappa shape index (κ3) is 4.77. The summed E-state index contributed by atoms with van der Waals surface area (Å²) in [7, 11) is -3.49. The van der Waals surface area contributed by atoms with E-state index in [-0.39, 0.29) is 17.4 Å². The van der Waals surface area contributed by atoms with Crippen LogP contribution in [0.3, 0.4) is 0 Å². The Morgan fingerprint density at radius 1 is 1.35 bits per heavy atom. The Bertz CT molecular complexity index is 527. The number of ether oxygens (including phenoxy) is 1. The lowest BCUT2D eigenvalue weighted by molar-refractivity contribution is 0.314. The fourth-order valence-electron chi connectivity index (χ4n) is 1.60. The van der Waals surface area contributed by atoms with Gasteiger partial charge in [-0.3, -0.25) is 0 Å². The Morgan fingerprint density at radius 2 is 2.05 bits per heavy atom. The van der Waals surface area contributed by atoms with Gasteiger partial charge in [-0.05, 0) is 30.5 Å². The smallest absolute Gasteiger partial charge is 0.240 e. The molecule has 0 aliphatic heterocycles. The Balaban J connectivity index is 2.96. The highest BCUT2D eigenvalue weighted by molar-refractivity contribution is 7.89. The summed E-state index contributed by atoms with van der Waals surface area (Å²) in [6.45, 7) is 7.16. The van der Waals surface area contributed by atoms with E-state index in [1.165, 1.54) is 0 Å². The molecule has 0 radical (unpaired) electrons. The van der Waals surface area contributed by atoms with Crippen LogP contribution in [0.4, 0.5) is 0 Å². The van der Waals surface area contributed by atoms with Gasteiger partial charge in [0.25, 0.3) is 0 Å². The molecule has 0 saturated carbocycles. The van der Waals surface area contributed by atoms with Crippen molar-refractivity contribution >= 4 is 10.0 Å². The quantitative estimate of drug-likeness (QED) is 0.768. The van der Waals surface area contributed by atoms with Gasteiger partial charge in [0.05, 0.1) is 11.5 Å². The maximum atomic E-state index is 12.1. The number of hydrogen-bond donors (Lipinski definition) is 2. The molecule has 114 valence electrons. The van der Waals surface area contributed by atoms with Gasteiger partial charge in [-0.1, -0.05) is 20.8 Å². The van der Waals surface area contributed by atoms with Crippen molar-refractivity contribution in [1.82, 2.24) is 4.72 Å². The average molecular weight is 300 g/mol. The second-order valence-corrected chi connectivity index (χ2v) is 6.83. The van der Waals surface area contributed by atoms with E-state index in [1.807, 2.05) is 20.8 Å². The molecular formula is C14H24N2O3S. The van der Waals surface area contributed by atoms with Crippen LogP contribution in [0.5, 0.6) is 5.75 Å². The fraction of sp³-hybridized carbons (Fsp3) is 0.571. The molecule has 0 unspecified atom stereocenters. The van der Waals surface area contributed by atoms with Crippen molar-refractivity contribution in [2.75, 3.05) is 13.2 Å². The largest absolute Gasteiger partial charge is 0.493 e. The Hall–Kier alpha value is -1.11. The number of nitrogens with one attached hydrogen (secondary N) is 1. The Morgan fingerprint density at radius 3 is 2.60 bits per heavy atom. The molecule has 0 atom stereocenters. The standard InChI is InChI=1S/C14H24N2O3S/c1-4-7-19-14-6-5-13(8-12(14)9-15)20(17,18)16-10-11(2)3/h5-6,8,11,16H,4,7,9-10,15H2,1-3H3. The first-order valence-electron chi connectivity index (χ1n) is 6.86. The Kier molecular flexibility index (Phi) is 6.45. The van der Waals surface area contributed by atoms with E-state index in [2.05, 4.69) is 4.72 Å². The molecule has 5 nitrogen and oxygen atoms in total. The van der Waals surface area contributed by atoms with Crippen LogP contribution in [0, 0.1) is 5.92 Å². The maximum absolute atomic E-state index is 12.1. The monoisotopic (exact) mass is 300 g/mol. The molecule has 0 amide bonds. The van der Waals surface area contributed by atoms with E-state index in [1.54, 1.807) is 18.2 Å². The minimum absolute atomic E-state index is 0.224. The first kappa shape index (κ1) is 16.9. The second kappa shape index (κ2) is 7.61. The summed E-state index contributed by atoms with van der Waals surface area (Å²) >= 11 is 0. The molecule has 1 aromatic rings. The van der Waals surface area contributed by atoms with Crippen molar-refractivity contribution in [2.24, 2.45) is 11.7 Å². The SMILES string of the molecule is CCCOc1ccc(S(=O)(=O)NCC(C)C)cc1CN. The molecule has 0 aliphatic rings. The molecule has 0 spiro atoms. The third-order valence-electron chi connectivity index (χ3n) is 2.71. The fourth-order valence-corrected chi connectivity index (χ4v) is 2.86. The predicted octanol–water partition coefficient (Wildman–Crippen LogP) is 1.87. The number of sulfonamides is 1. The molecule has 0 aromatic heterocycles. The van der Waals surface area contributed by atoms with E-state index in [0.717, 1.165) is 6.42 Å². The highest BCUT2D eigenvalue weighted by Crippen LogP contribution is 2.22. The van der Waals surface area contributed by atoms with Gasteiger partial charge >= 0.3 is 0 Å². The van der Waals surface area contributed by atoms with Crippen LogP contribution in [0.15, 0.2) is 23.1 Å². The van der Waals surface area contributed by atoms with Crippen molar-refractivity contribution in [1.29, 1.82) is 0 Å². The molecule has 0 saturated heterocycles. The molecule has 0 heterocycles. The van der Waals surface area contributed by atoms with Crippen LogP contribution in [-0.2, 0) is 16.6 Å². The van der Waals surface area contributed by atoms with E-state index >= 15 is 0 Å². The number of nitrogens with two attached hydrogens (primary N) is 1. The zero-order chi connectivity index (χ0) is 15.2. The summed E-state index contributed by atoms with van der Waals surface area (Å²) in [4.78, 5) is 0.224. The van der Waals surface area contributed by atoms with E-state index in [4.69, 9.17) is 10.5 Å². The summed E-state index contributed by atoms with van der Waals surface area (Å²) in [5.41, 5.74) is 6.36. The predicted molar refractivity (Wildman–Crippen MR) is 80.1 cm³/mol. The molecule has 0 bridgehead atoms. The van der Waals surface area contributed by atoms with Crippen molar-refractivity contribution in [3.8, 4) is 5.75 Å². The zero-order valence-corrected chi connectivity index (χ0v) is 13.2. The Labute approximate surface area is 121 Å². The maximum Gasteiger partial charge on any atom is 0.240 e. The van der Waals surface area contributed by atoms with Gasteiger partial charge in [0.15, 0.2) is 0 Å². The van der Waals surface area contributed by atoms with E-state index in [0.29, 0.717) is 24.5 Å². The van der Waals surface area contributed by atoms with Gasteiger partial charge in [0.2, 0.25) is 10.0 Å². The van der Waals surface area contributed by atoms with Crippen LogP contribution in [-0.4, -0.2) is 21.6 Å². The highest BCUT2D eigenvalue weighted by atomic mass is 32.2. The minimum Gasteiger partial charge on any atom is -0.493 e.